The van der Waals surface area contributed by atoms with Crippen molar-refractivity contribution in [2.75, 3.05) is 6.61 Å². The molecule has 0 bridgehead atoms. The lowest BCUT2D eigenvalue weighted by atomic mass is 10.1. The molecule has 30 heavy (non-hydrogen) atoms. The highest BCUT2D eigenvalue weighted by atomic mass is 19.1. The third-order valence-electron chi connectivity index (χ3n) is 4.64. The molecule has 2 aromatic rings. The second kappa shape index (κ2) is 10.8. The maximum Gasteiger partial charge on any atom is 0.261 e. The Kier molecular flexibility index (Phi) is 8.39. The van der Waals surface area contributed by atoms with E-state index in [1.54, 1.807) is 12.1 Å². The smallest absolute Gasteiger partial charge is 0.261 e. The zero-order valence-corrected chi connectivity index (χ0v) is 18.4. The van der Waals surface area contributed by atoms with Gasteiger partial charge in [0, 0.05) is 12.6 Å². The minimum atomic E-state index is -0.646. The lowest BCUT2D eigenvalue weighted by molar-refractivity contribution is -0.143. The summed E-state index contributed by atoms with van der Waals surface area (Å²) in [6.45, 7) is 9.55. The van der Waals surface area contributed by atoms with Gasteiger partial charge in [-0.3, -0.25) is 9.59 Å². The van der Waals surface area contributed by atoms with E-state index in [0.717, 1.165) is 16.7 Å². The number of ether oxygens (including phenoxy) is 1. The second-order valence-electron chi connectivity index (χ2n) is 7.85. The van der Waals surface area contributed by atoms with Crippen LogP contribution >= 0.6 is 0 Å². The van der Waals surface area contributed by atoms with Crippen LogP contribution in [0.15, 0.2) is 42.5 Å². The maximum atomic E-state index is 13.3. The Morgan fingerprint density at radius 2 is 1.67 bits per heavy atom. The van der Waals surface area contributed by atoms with E-state index < -0.39 is 6.04 Å². The minimum Gasteiger partial charge on any atom is -0.484 e. The predicted molar refractivity (Wildman–Crippen MR) is 116 cm³/mol. The first-order valence-electron chi connectivity index (χ1n) is 10.2. The third kappa shape index (κ3) is 6.87. The Morgan fingerprint density at radius 3 is 2.20 bits per heavy atom. The monoisotopic (exact) mass is 414 g/mol. The number of hydrogen-bond donors (Lipinski definition) is 1. The van der Waals surface area contributed by atoms with Crippen LogP contribution in [0.4, 0.5) is 4.39 Å². The van der Waals surface area contributed by atoms with Crippen molar-refractivity contribution in [3.8, 4) is 5.75 Å². The molecule has 0 radical (unpaired) electrons. The Labute approximate surface area is 178 Å². The summed E-state index contributed by atoms with van der Waals surface area (Å²) >= 11 is 0. The van der Waals surface area contributed by atoms with Crippen molar-refractivity contribution < 1.29 is 18.7 Å². The Morgan fingerprint density at radius 1 is 1.07 bits per heavy atom. The molecule has 0 saturated heterocycles. The fourth-order valence-corrected chi connectivity index (χ4v) is 3.33. The fourth-order valence-electron chi connectivity index (χ4n) is 3.33. The highest BCUT2D eigenvalue weighted by molar-refractivity contribution is 5.88. The molecule has 6 heteroatoms. The summed E-state index contributed by atoms with van der Waals surface area (Å²) in [6, 6.07) is 11.0. The van der Waals surface area contributed by atoms with Crippen molar-refractivity contribution in [3.05, 3.63) is 65.0 Å². The molecule has 0 aliphatic rings. The van der Waals surface area contributed by atoms with E-state index >= 15 is 0 Å². The lowest BCUT2D eigenvalue weighted by Crippen LogP contribution is -2.51. The summed E-state index contributed by atoms with van der Waals surface area (Å²) in [5, 5.41) is 2.88. The molecule has 5 nitrogen and oxygen atoms in total. The molecule has 0 saturated carbocycles. The van der Waals surface area contributed by atoms with Crippen LogP contribution in [0.3, 0.4) is 0 Å². The second-order valence-corrected chi connectivity index (χ2v) is 7.85. The van der Waals surface area contributed by atoms with Crippen LogP contribution in [0.5, 0.6) is 5.75 Å². The molecule has 0 spiro atoms. The number of aryl methyl sites for hydroxylation is 2. The molecule has 0 aliphatic heterocycles. The van der Waals surface area contributed by atoms with Gasteiger partial charge in [0.25, 0.3) is 5.91 Å². The number of rotatable bonds is 9. The van der Waals surface area contributed by atoms with E-state index in [1.807, 2.05) is 52.8 Å². The zero-order valence-electron chi connectivity index (χ0n) is 18.4. The van der Waals surface area contributed by atoms with Gasteiger partial charge in [0.05, 0.1) is 0 Å². The van der Waals surface area contributed by atoms with E-state index in [-0.39, 0.29) is 36.8 Å². The van der Waals surface area contributed by atoms with Gasteiger partial charge in [0.2, 0.25) is 5.91 Å². The van der Waals surface area contributed by atoms with E-state index in [0.29, 0.717) is 12.2 Å². The molecule has 0 heterocycles. The van der Waals surface area contributed by atoms with E-state index in [2.05, 4.69) is 5.32 Å². The van der Waals surface area contributed by atoms with E-state index in [4.69, 9.17) is 4.74 Å². The van der Waals surface area contributed by atoms with Crippen molar-refractivity contribution in [2.45, 2.75) is 59.7 Å². The molecule has 0 aromatic heterocycles. The highest BCUT2D eigenvalue weighted by Gasteiger charge is 2.29. The summed E-state index contributed by atoms with van der Waals surface area (Å²) in [5.74, 6) is -0.250. The molecule has 0 aliphatic carbocycles. The van der Waals surface area contributed by atoms with Gasteiger partial charge < -0.3 is 15.0 Å². The number of amides is 2. The van der Waals surface area contributed by atoms with Crippen LogP contribution < -0.4 is 10.1 Å². The number of carbonyl (C=O) groups is 2. The summed E-state index contributed by atoms with van der Waals surface area (Å²) in [6.07, 6.45) is 0.453. The van der Waals surface area contributed by atoms with Crippen LogP contribution in [0.1, 0.15) is 43.9 Å². The molecule has 1 atom stereocenters. The van der Waals surface area contributed by atoms with Crippen LogP contribution in [0.25, 0.3) is 0 Å². The van der Waals surface area contributed by atoms with Crippen molar-refractivity contribution in [1.29, 1.82) is 0 Å². The molecule has 1 unspecified atom stereocenters. The third-order valence-corrected chi connectivity index (χ3v) is 4.64. The molecule has 162 valence electrons. The van der Waals surface area contributed by atoms with Gasteiger partial charge >= 0.3 is 0 Å². The van der Waals surface area contributed by atoms with Gasteiger partial charge in [-0.2, -0.15) is 0 Å². The quantitative estimate of drug-likeness (QED) is 0.671. The van der Waals surface area contributed by atoms with Gasteiger partial charge in [-0.25, -0.2) is 4.39 Å². The summed E-state index contributed by atoms with van der Waals surface area (Å²) in [5.41, 5.74) is 2.83. The fraction of sp³-hybridized carbons (Fsp3) is 0.417. The number of benzene rings is 2. The molecular weight excluding hydrogens is 383 g/mol. The first-order chi connectivity index (χ1) is 14.2. The molecule has 1 N–H and O–H groups in total. The molecule has 2 amide bonds. The molecule has 2 aromatic carbocycles. The van der Waals surface area contributed by atoms with Crippen LogP contribution in [0.2, 0.25) is 0 Å². The van der Waals surface area contributed by atoms with E-state index in [1.165, 1.54) is 17.0 Å². The van der Waals surface area contributed by atoms with Gasteiger partial charge in [-0.05, 0) is 75.1 Å². The van der Waals surface area contributed by atoms with Crippen molar-refractivity contribution >= 4 is 11.8 Å². The SMILES string of the molecule is CCC(C(=O)NC(C)C)N(Cc1ccc(F)cc1)C(=O)COc1cc(C)cc(C)c1. The standard InChI is InChI=1S/C24H31FN2O3/c1-6-22(24(29)26-16(2)3)27(14-19-7-9-20(25)10-8-19)23(28)15-30-21-12-17(4)11-18(5)13-21/h7-13,16,22H,6,14-15H2,1-5H3,(H,26,29). The molecule has 2 rings (SSSR count). The maximum absolute atomic E-state index is 13.3. The Balaban J connectivity index is 2.22. The summed E-state index contributed by atoms with van der Waals surface area (Å²) in [4.78, 5) is 27.3. The summed E-state index contributed by atoms with van der Waals surface area (Å²) < 4.78 is 19.0. The first-order valence-corrected chi connectivity index (χ1v) is 10.2. The van der Waals surface area contributed by atoms with E-state index in [9.17, 15) is 14.0 Å². The Hall–Kier alpha value is -2.89. The average molecular weight is 415 g/mol. The van der Waals surface area contributed by atoms with Crippen molar-refractivity contribution in [3.63, 3.8) is 0 Å². The normalized spacial score (nSPS) is 11.8. The largest absolute Gasteiger partial charge is 0.484 e. The van der Waals surface area contributed by atoms with Gasteiger partial charge in [-0.1, -0.05) is 25.1 Å². The van der Waals surface area contributed by atoms with Crippen LogP contribution in [0, 0.1) is 19.7 Å². The number of nitrogens with zero attached hydrogens (tertiary/aromatic N) is 1. The van der Waals surface area contributed by atoms with Gasteiger partial charge in [-0.15, -0.1) is 0 Å². The van der Waals surface area contributed by atoms with Crippen LogP contribution in [-0.2, 0) is 16.1 Å². The number of hydrogen-bond acceptors (Lipinski definition) is 3. The minimum absolute atomic E-state index is 0.0409. The highest BCUT2D eigenvalue weighted by Crippen LogP contribution is 2.18. The van der Waals surface area contributed by atoms with Crippen molar-refractivity contribution in [2.24, 2.45) is 0 Å². The zero-order chi connectivity index (χ0) is 22.3. The lowest BCUT2D eigenvalue weighted by Gasteiger charge is -2.31. The summed E-state index contributed by atoms with van der Waals surface area (Å²) in [7, 11) is 0. The topological polar surface area (TPSA) is 58.6 Å². The number of halogens is 1. The number of carbonyl (C=O) groups excluding carboxylic acids is 2. The van der Waals surface area contributed by atoms with Crippen molar-refractivity contribution in [1.82, 2.24) is 10.2 Å². The predicted octanol–water partition coefficient (Wildman–Crippen LogP) is 4.15. The average Bonchev–Trinajstić information content (AvgIpc) is 2.66. The van der Waals surface area contributed by atoms with Gasteiger partial charge in [0.15, 0.2) is 6.61 Å². The first kappa shape index (κ1) is 23.4. The van der Waals surface area contributed by atoms with Gasteiger partial charge in [0.1, 0.15) is 17.6 Å². The molecular formula is C24H31FN2O3. The number of nitrogens with one attached hydrogen (secondary N) is 1. The van der Waals surface area contributed by atoms with Crippen LogP contribution in [-0.4, -0.2) is 35.4 Å². The molecule has 0 fully saturated rings. The Bertz CT molecular complexity index is 845.